The quantitative estimate of drug-likeness (QED) is 0.438. The molecule has 0 radical (unpaired) electrons. The Kier molecular flexibility index (Phi) is 7.73. The van der Waals surface area contributed by atoms with E-state index in [4.69, 9.17) is 21.1 Å². The van der Waals surface area contributed by atoms with Crippen molar-refractivity contribution < 1.29 is 18.7 Å². The molecule has 0 fully saturated rings. The number of anilines is 2. The predicted molar refractivity (Wildman–Crippen MR) is 122 cm³/mol. The second-order valence-corrected chi connectivity index (χ2v) is 7.31. The van der Waals surface area contributed by atoms with Crippen LogP contribution in [0.4, 0.5) is 15.8 Å². The molecule has 0 unspecified atom stereocenters. The summed E-state index contributed by atoms with van der Waals surface area (Å²) in [6.07, 6.45) is 0. The topological polar surface area (TPSA) is 59.6 Å². The van der Waals surface area contributed by atoms with E-state index in [2.05, 4.69) is 10.6 Å². The van der Waals surface area contributed by atoms with Gasteiger partial charge in [0, 0.05) is 17.9 Å². The van der Waals surface area contributed by atoms with Gasteiger partial charge in [-0.15, -0.1) is 0 Å². The first-order chi connectivity index (χ1) is 14.9. The number of aryl methyl sites for hydroxylation is 1. The Hall–Kier alpha value is -3.25. The van der Waals surface area contributed by atoms with Crippen LogP contribution in [0.5, 0.6) is 11.5 Å². The van der Waals surface area contributed by atoms with Gasteiger partial charge < -0.3 is 20.1 Å². The van der Waals surface area contributed by atoms with Crippen molar-refractivity contribution >= 4 is 28.9 Å². The summed E-state index contributed by atoms with van der Waals surface area (Å²) >= 11 is 5.82. The summed E-state index contributed by atoms with van der Waals surface area (Å²) in [4.78, 5) is 12.2. The molecule has 0 aliphatic carbocycles. The third-order valence-electron chi connectivity index (χ3n) is 4.38. The number of ether oxygens (including phenoxy) is 2. The fraction of sp³-hybridized carbons (Fsp3) is 0.208. The van der Waals surface area contributed by atoms with Crippen molar-refractivity contribution in [3.05, 3.63) is 82.6 Å². The largest absolute Gasteiger partial charge is 0.490 e. The van der Waals surface area contributed by atoms with Crippen molar-refractivity contribution in [3.8, 4) is 11.5 Å². The summed E-state index contributed by atoms with van der Waals surface area (Å²) < 4.78 is 24.7. The highest BCUT2D eigenvalue weighted by molar-refractivity contribution is 6.31. The molecule has 0 aromatic heterocycles. The minimum Gasteiger partial charge on any atom is -0.490 e. The van der Waals surface area contributed by atoms with E-state index in [1.165, 1.54) is 12.1 Å². The van der Waals surface area contributed by atoms with Gasteiger partial charge in [-0.3, -0.25) is 4.79 Å². The number of benzene rings is 3. The molecule has 1 amide bonds. The molecular formula is C24H24ClFN2O3. The van der Waals surface area contributed by atoms with Crippen molar-refractivity contribution in [1.82, 2.24) is 0 Å². The number of hydrogen-bond donors (Lipinski definition) is 2. The standard InChI is InChI=1S/C24H24ClFN2O3/c1-3-30-23-12-17(14-27-18-8-9-21(26)20(25)13-18)7-10-22(23)31-15-24(29)28-19-6-4-5-16(2)11-19/h4-13,27H,3,14-15H2,1-2H3,(H,28,29). The van der Waals surface area contributed by atoms with Crippen LogP contribution in [0.25, 0.3) is 0 Å². The molecule has 0 bridgehead atoms. The average Bonchev–Trinajstić information content (AvgIpc) is 2.74. The van der Waals surface area contributed by atoms with Crippen LogP contribution in [0.3, 0.4) is 0 Å². The highest BCUT2D eigenvalue weighted by atomic mass is 35.5. The normalized spacial score (nSPS) is 10.5. The molecule has 7 heteroatoms. The van der Waals surface area contributed by atoms with Gasteiger partial charge in [-0.2, -0.15) is 0 Å². The van der Waals surface area contributed by atoms with Crippen LogP contribution in [0.2, 0.25) is 5.02 Å². The Labute approximate surface area is 186 Å². The average molecular weight is 443 g/mol. The Morgan fingerprint density at radius 2 is 1.84 bits per heavy atom. The zero-order valence-electron chi connectivity index (χ0n) is 17.4. The van der Waals surface area contributed by atoms with E-state index in [1.807, 2.05) is 50.2 Å². The fourth-order valence-corrected chi connectivity index (χ4v) is 3.10. The maximum atomic E-state index is 13.3. The molecule has 162 valence electrons. The Balaban J connectivity index is 1.61. The molecule has 0 spiro atoms. The van der Waals surface area contributed by atoms with Crippen LogP contribution in [0, 0.1) is 12.7 Å². The monoisotopic (exact) mass is 442 g/mol. The summed E-state index contributed by atoms with van der Waals surface area (Å²) in [6, 6.07) is 17.5. The van der Waals surface area contributed by atoms with Crippen molar-refractivity contribution in [2.24, 2.45) is 0 Å². The number of amides is 1. The van der Waals surface area contributed by atoms with Crippen molar-refractivity contribution in [2.45, 2.75) is 20.4 Å². The first-order valence-corrected chi connectivity index (χ1v) is 10.3. The molecule has 3 rings (SSSR count). The molecular weight excluding hydrogens is 419 g/mol. The van der Waals surface area contributed by atoms with E-state index in [9.17, 15) is 9.18 Å². The van der Waals surface area contributed by atoms with Crippen molar-refractivity contribution in [1.29, 1.82) is 0 Å². The van der Waals surface area contributed by atoms with E-state index in [1.54, 1.807) is 12.1 Å². The molecule has 0 heterocycles. The summed E-state index contributed by atoms with van der Waals surface area (Å²) in [5.41, 5.74) is 3.42. The summed E-state index contributed by atoms with van der Waals surface area (Å²) in [5, 5.41) is 6.06. The smallest absolute Gasteiger partial charge is 0.262 e. The van der Waals surface area contributed by atoms with E-state index in [0.29, 0.717) is 30.3 Å². The minimum atomic E-state index is -0.459. The molecule has 31 heavy (non-hydrogen) atoms. The van der Waals surface area contributed by atoms with Crippen LogP contribution in [-0.2, 0) is 11.3 Å². The Bertz CT molecular complexity index is 1060. The molecule has 3 aromatic carbocycles. The lowest BCUT2D eigenvalue weighted by atomic mass is 10.2. The third kappa shape index (κ3) is 6.62. The van der Waals surface area contributed by atoms with Crippen molar-refractivity contribution in [2.75, 3.05) is 23.8 Å². The number of nitrogens with one attached hydrogen (secondary N) is 2. The van der Waals surface area contributed by atoms with E-state index < -0.39 is 5.82 Å². The Morgan fingerprint density at radius 3 is 2.58 bits per heavy atom. The SMILES string of the molecule is CCOc1cc(CNc2ccc(F)c(Cl)c2)ccc1OCC(=O)Nc1cccc(C)c1. The van der Waals surface area contributed by atoms with Gasteiger partial charge in [0.05, 0.1) is 11.6 Å². The second-order valence-electron chi connectivity index (χ2n) is 6.90. The highest BCUT2D eigenvalue weighted by Crippen LogP contribution is 2.29. The Morgan fingerprint density at radius 1 is 1.00 bits per heavy atom. The van der Waals surface area contributed by atoms with Gasteiger partial charge in [-0.25, -0.2) is 4.39 Å². The van der Waals surface area contributed by atoms with E-state index in [-0.39, 0.29) is 17.5 Å². The van der Waals surface area contributed by atoms with E-state index >= 15 is 0 Å². The lowest BCUT2D eigenvalue weighted by Crippen LogP contribution is -2.20. The third-order valence-corrected chi connectivity index (χ3v) is 4.67. The van der Waals surface area contributed by atoms with Gasteiger partial charge in [-0.1, -0.05) is 29.8 Å². The predicted octanol–water partition coefficient (Wildman–Crippen LogP) is 5.82. The van der Waals surface area contributed by atoms with Crippen molar-refractivity contribution in [3.63, 3.8) is 0 Å². The van der Waals surface area contributed by atoms with Gasteiger partial charge in [-0.05, 0) is 67.4 Å². The second kappa shape index (κ2) is 10.7. The molecule has 0 atom stereocenters. The van der Waals surface area contributed by atoms with Crippen LogP contribution < -0.4 is 20.1 Å². The summed E-state index contributed by atoms with van der Waals surface area (Å²) in [6.45, 7) is 4.63. The van der Waals surface area contributed by atoms with Crippen LogP contribution in [0.15, 0.2) is 60.7 Å². The van der Waals surface area contributed by atoms with Gasteiger partial charge in [0.25, 0.3) is 5.91 Å². The van der Waals surface area contributed by atoms with Crippen LogP contribution in [0.1, 0.15) is 18.1 Å². The van der Waals surface area contributed by atoms with Gasteiger partial charge in [0.2, 0.25) is 0 Å². The first kappa shape index (κ1) is 22.4. The molecule has 0 saturated carbocycles. The first-order valence-electron chi connectivity index (χ1n) is 9.88. The van der Waals surface area contributed by atoms with E-state index in [0.717, 1.165) is 16.8 Å². The summed E-state index contributed by atoms with van der Waals surface area (Å²) in [5.74, 6) is 0.308. The molecule has 3 aromatic rings. The lowest BCUT2D eigenvalue weighted by molar-refractivity contribution is -0.118. The highest BCUT2D eigenvalue weighted by Gasteiger charge is 2.10. The molecule has 0 saturated heterocycles. The number of rotatable bonds is 9. The number of hydrogen-bond acceptors (Lipinski definition) is 4. The number of halogens is 2. The molecule has 2 N–H and O–H groups in total. The molecule has 5 nitrogen and oxygen atoms in total. The number of carbonyl (C=O) groups is 1. The van der Waals surface area contributed by atoms with Crippen LogP contribution >= 0.6 is 11.6 Å². The lowest BCUT2D eigenvalue weighted by Gasteiger charge is -2.14. The van der Waals surface area contributed by atoms with Gasteiger partial charge in [0.1, 0.15) is 5.82 Å². The van der Waals surface area contributed by atoms with Crippen LogP contribution in [-0.4, -0.2) is 19.1 Å². The van der Waals surface area contributed by atoms with Gasteiger partial charge >= 0.3 is 0 Å². The maximum absolute atomic E-state index is 13.3. The molecule has 0 aliphatic heterocycles. The minimum absolute atomic E-state index is 0.0627. The van der Waals surface area contributed by atoms with Gasteiger partial charge in [0.15, 0.2) is 18.1 Å². The zero-order chi connectivity index (χ0) is 22.2. The molecule has 0 aliphatic rings. The summed E-state index contributed by atoms with van der Waals surface area (Å²) in [7, 11) is 0. The maximum Gasteiger partial charge on any atom is 0.262 e. The zero-order valence-corrected chi connectivity index (χ0v) is 18.1. The fourth-order valence-electron chi connectivity index (χ4n) is 2.92. The number of carbonyl (C=O) groups excluding carboxylic acids is 1.